The number of pyridine rings is 1. The number of nitriles is 1. The summed E-state index contributed by atoms with van der Waals surface area (Å²) in [5, 5.41) is 29.8. The number of rotatable bonds is 13. The summed E-state index contributed by atoms with van der Waals surface area (Å²) in [5.74, 6) is 0.0698. The number of thiazole rings is 1. The van der Waals surface area contributed by atoms with Gasteiger partial charge in [-0.3, -0.25) is 24.1 Å². The van der Waals surface area contributed by atoms with Gasteiger partial charge in [0, 0.05) is 44.8 Å². The van der Waals surface area contributed by atoms with Crippen LogP contribution in [0.25, 0.3) is 10.4 Å². The van der Waals surface area contributed by atoms with E-state index in [4.69, 9.17) is 16.6 Å². The Morgan fingerprint density at radius 1 is 0.930 bits per heavy atom. The first-order chi connectivity index (χ1) is 33.6. The van der Waals surface area contributed by atoms with E-state index >= 15 is 0 Å². The summed E-state index contributed by atoms with van der Waals surface area (Å²) in [6.07, 6.45) is 5.72. The van der Waals surface area contributed by atoms with E-state index in [0.717, 1.165) is 91.4 Å². The van der Waals surface area contributed by atoms with Gasteiger partial charge in [0.05, 0.1) is 44.9 Å². The van der Waals surface area contributed by atoms with Crippen LogP contribution in [0.4, 0.5) is 5.82 Å². The van der Waals surface area contributed by atoms with Gasteiger partial charge >= 0.3 is 0 Å². The Morgan fingerprint density at radius 3 is 2.18 bits per heavy atom. The van der Waals surface area contributed by atoms with Crippen molar-refractivity contribution in [2.75, 3.05) is 44.2 Å². The van der Waals surface area contributed by atoms with Gasteiger partial charge in [-0.1, -0.05) is 90.4 Å². The van der Waals surface area contributed by atoms with Gasteiger partial charge < -0.3 is 30.9 Å². The van der Waals surface area contributed by atoms with Crippen molar-refractivity contribution in [1.82, 2.24) is 35.7 Å². The standard InChI is InChI=1S/C55H70ClN9O5S/c1-34-46(71-33-60-34)37-12-9-35(10-13-37)29-59-49(69)42-27-40(66)31-65(42)50(70)47(52(2,3)4)61-45(67)32-63-21-17-55(18-22-63)19-23-64(24-20-55)44-16-15-39(30-58-44)48(68)62-51-53(5,6)43(54(51,7)8)26-36-11-14-38(28-57)41(56)25-36/h9-16,25,30,33,40,42-43,47,51,66H,17-24,26-27,29,31-32H2,1-8H3,(H,59,69)(H,61,67)(H,62,68)/t40-,42+,43-,47-,51-/m1/s1. The smallest absolute Gasteiger partial charge is 0.253 e. The molecule has 4 aliphatic rings. The predicted octanol–water partition coefficient (Wildman–Crippen LogP) is 7.55. The molecule has 0 radical (unpaired) electrons. The Morgan fingerprint density at radius 2 is 1.59 bits per heavy atom. The Labute approximate surface area is 427 Å². The molecule has 4 aromatic rings. The van der Waals surface area contributed by atoms with E-state index in [2.05, 4.69) is 64.5 Å². The highest BCUT2D eigenvalue weighted by molar-refractivity contribution is 7.13. The normalized spacial score (nSPS) is 23.1. The lowest BCUT2D eigenvalue weighted by Crippen LogP contribution is -2.70. The number of halogens is 1. The Kier molecular flexibility index (Phi) is 15.1. The average Bonchev–Trinajstić information content (AvgIpc) is 3.96. The van der Waals surface area contributed by atoms with Crippen molar-refractivity contribution in [3.05, 3.63) is 99.3 Å². The van der Waals surface area contributed by atoms with Crippen LogP contribution in [0.15, 0.2) is 66.3 Å². The van der Waals surface area contributed by atoms with E-state index in [0.29, 0.717) is 16.1 Å². The van der Waals surface area contributed by atoms with Gasteiger partial charge in [-0.15, -0.1) is 11.3 Å². The third-order valence-electron chi connectivity index (χ3n) is 16.3. The third-order valence-corrected chi connectivity index (χ3v) is 17.6. The quantitative estimate of drug-likeness (QED) is 0.104. The average molecular weight is 1000 g/mol. The van der Waals surface area contributed by atoms with Crippen molar-refractivity contribution >= 4 is 52.4 Å². The van der Waals surface area contributed by atoms with E-state index in [9.17, 15) is 29.5 Å². The number of hydrogen-bond acceptors (Lipinski definition) is 11. The van der Waals surface area contributed by atoms with Crippen molar-refractivity contribution in [2.24, 2.45) is 27.6 Å². The van der Waals surface area contributed by atoms with E-state index < -0.39 is 23.6 Å². The fourth-order valence-corrected chi connectivity index (χ4v) is 13.2. The molecule has 3 saturated heterocycles. The molecule has 71 heavy (non-hydrogen) atoms. The van der Waals surface area contributed by atoms with Crippen molar-refractivity contribution in [1.29, 1.82) is 5.26 Å². The molecule has 1 saturated carbocycles. The maximum Gasteiger partial charge on any atom is 0.253 e. The van der Waals surface area contributed by atoms with Gasteiger partial charge in [0.2, 0.25) is 17.7 Å². The summed E-state index contributed by atoms with van der Waals surface area (Å²) in [6, 6.07) is 17.7. The van der Waals surface area contributed by atoms with E-state index in [1.807, 2.05) is 81.7 Å². The summed E-state index contributed by atoms with van der Waals surface area (Å²) < 4.78 is 0. The molecule has 16 heteroatoms. The number of β-amino-alcohol motifs (C(OH)–C–C–N with tert-alkyl or cyclic N) is 1. The van der Waals surface area contributed by atoms with Crippen LogP contribution in [0.1, 0.15) is 113 Å². The third kappa shape index (κ3) is 11.2. The molecule has 3 atom stereocenters. The van der Waals surface area contributed by atoms with Crippen LogP contribution in [0.3, 0.4) is 0 Å². The highest BCUT2D eigenvalue weighted by atomic mass is 35.5. The molecule has 378 valence electrons. The fourth-order valence-electron chi connectivity index (χ4n) is 12.1. The topological polar surface area (TPSA) is 184 Å². The first kappa shape index (κ1) is 51.9. The SMILES string of the molecule is Cc1ncsc1-c1ccc(CNC(=O)[C@@H]2C[C@@H](O)CN2C(=O)[C@@H](NC(=O)CN2CCC3(CC2)CCN(c2ccc(C(=O)N[C@H]4C(C)(C)[C@H](Cc5ccc(C#N)c(Cl)c5)C4(C)C)cn2)CC3)C(C)(C)C)cc1. The molecule has 5 heterocycles. The lowest BCUT2D eigenvalue weighted by molar-refractivity contribution is -0.144. The number of aliphatic hydroxyl groups excluding tert-OH is 1. The number of likely N-dealkylation sites (tertiary alicyclic amines) is 2. The molecule has 2 aromatic carbocycles. The highest BCUT2D eigenvalue weighted by Crippen LogP contribution is 2.60. The van der Waals surface area contributed by atoms with Gasteiger partial charge in [-0.05, 0) is 121 Å². The van der Waals surface area contributed by atoms with Crippen LogP contribution < -0.4 is 20.9 Å². The number of anilines is 1. The van der Waals surface area contributed by atoms with E-state index in [-0.39, 0.29) is 77.9 Å². The molecule has 14 nitrogen and oxygen atoms in total. The predicted molar refractivity (Wildman–Crippen MR) is 278 cm³/mol. The van der Waals surface area contributed by atoms with Gasteiger partial charge in [-0.2, -0.15) is 5.26 Å². The van der Waals surface area contributed by atoms with Gasteiger partial charge in [-0.25, -0.2) is 9.97 Å². The van der Waals surface area contributed by atoms with Crippen molar-refractivity contribution in [3.8, 4) is 16.5 Å². The molecule has 1 aliphatic carbocycles. The van der Waals surface area contributed by atoms with Gasteiger partial charge in [0.15, 0.2) is 0 Å². The largest absolute Gasteiger partial charge is 0.391 e. The molecule has 3 aliphatic heterocycles. The molecule has 0 bridgehead atoms. The van der Waals surface area contributed by atoms with E-state index in [1.165, 1.54) is 4.90 Å². The molecule has 8 rings (SSSR count). The Balaban J connectivity index is 0.784. The van der Waals surface area contributed by atoms with Crippen LogP contribution in [0, 0.1) is 45.8 Å². The number of nitrogens with zero attached hydrogens (tertiary/aromatic N) is 6. The number of carbonyl (C=O) groups excluding carboxylic acids is 4. The number of aryl methyl sites for hydroxylation is 1. The summed E-state index contributed by atoms with van der Waals surface area (Å²) in [7, 11) is 0. The maximum atomic E-state index is 14.2. The maximum absolute atomic E-state index is 14.2. The van der Waals surface area contributed by atoms with Gasteiger partial charge in [0.1, 0.15) is 24.0 Å². The number of aliphatic hydroxyl groups is 1. The summed E-state index contributed by atoms with van der Waals surface area (Å²) >= 11 is 7.93. The lowest BCUT2D eigenvalue weighted by atomic mass is 9.43. The molecule has 1 spiro atoms. The minimum atomic E-state index is -0.890. The fraction of sp³-hybridized carbons (Fsp3) is 0.545. The summed E-state index contributed by atoms with van der Waals surface area (Å²) in [5.41, 5.74) is 6.04. The summed E-state index contributed by atoms with van der Waals surface area (Å²) in [6.45, 7) is 20.2. The Hall–Kier alpha value is -5.40. The molecule has 2 aromatic heterocycles. The number of aromatic nitrogens is 2. The second-order valence-electron chi connectivity index (χ2n) is 22.8. The second-order valence-corrected chi connectivity index (χ2v) is 24.1. The molecule has 4 amide bonds. The minimum Gasteiger partial charge on any atom is -0.391 e. The number of benzene rings is 2. The van der Waals surface area contributed by atoms with Crippen molar-refractivity contribution in [3.63, 3.8) is 0 Å². The van der Waals surface area contributed by atoms with Crippen LogP contribution in [-0.4, -0.2) is 112 Å². The number of nitrogens with one attached hydrogen (secondary N) is 3. The van der Waals surface area contributed by atoms with Crippen molar-refractivity contribution in [2.45, 2.75) is 125 Å². The zero-order valence-corrected chi connectivity index (χ0v) is 44.1. The van der Waals surface area contributed by atoms with Crippen LogP contribution >= 0.6 is 22.9 Å². The highest BCUT2D eigenvalue weighted by Gasteiger charge is 2.61. The number of carbonyl (C=O) groups is 4. The van der Waals surface area contributed by atoms with Crippen molar-refractivity contribution < 1.29 is 24.3 Å². The molecule has 0 unspecified atom stereocenters. The monoisotopic (exact) mass is 1000 g/mol. The minimum absolute atomic E-state index is 0.0197. The van der Waals surface area contributed by atoms with Crippen LogP contribution in [0.2, 0.25) is 5.02 Å². The zero-order valence-electron chi connectivity index (χ0n) is 42.5. The molecular formula is C55H70ClN9O5S. The molecule has 4 fully saturated rings. The van der Waals surface area contributed by atoms with Crippen LogP contribution in [0.5, 0.6) is 0 Å². The number of amides is 4. The first-order valence-electron chi connectivity index (χ1n) is 25.1. The molecular weight excluding hydrogens is 934 g/mol. The molecule has 4 N–H and O–H groups in total. The number of hydrogen-bond donors (Lipinski definition) is 4. The summed E-state index contributed by atoms with van der Waals surface area (Å²) in [4.78, 5) is 71.3. The van der Waals surface area contributed by atoms with Gasteiger partial charge in [0.25, 0.3) is 5.91 Å². The Bertz CT molecular complexity index is 2620. The van der Waals surface area contributed by atoms with Crippen LogP contribution in [-0.2, 0) is 27.3 Å². The lowest BCUT2D eigenvalue weighted by Gasteiger charge is -2.64. The van der Waals surface area contributed by atoms with E-state index in [1.54, 1.807) is 23.6 Å². The first-order valence-corrected chi connectivity index (χ1v) is 26.3. The zero-order chi connectivity index (χ0) is 51.0. The number of piperidine rings is 2. The second kappa shape index (κ2) is 20.6.